The van der Waals surface area contributed by atoms with Gasteiger partial charge in [-0.3, -0.25) is 0 Å². The Morgan fingerprint density at radius 3 is 1.78 bits per heavy atom. The molecule has 0 aromatic heterocycles. The van der Waals surface area contributed by atoms with Crippen LogP contribution in [0, 0.1) is 11.6 Å². The molecule has 0 saturated heterocycles. The lowest BCUT2D eigenvalue weighted by atomic mass is 10.1. The lowest BCUT2D eigenvalue weighted by Gasteiger charge is -2.28. The van der Waals surface area contributed by atoms with Gasteiger partial charge in [0.15, 0.2) is 0 Å². The normalized spacial score (nSPS) is 12.0. The van der Waals surface area contributed by atoms with Crippen LogP contribution in [0.2, 0.25) is 0 Å². The molecule has 0 atom stereocenters. The Morgan fingerprint density at radius 1 is 0.826 bits per heavy atom. The maximum absolute atomic E-state index is 13.3. The first-order chi connectivity index (χ1) is 10.9. The Bertz CT molecular complexity index is 635. The lowest BCUT2D eigenvalue weighted by molar-refractivity contribution is 0.0838. The number of rotatable bonds is 6. The molecule has 0 aliphatic rings. The van der Waals surface area contributed by atoms with Crippen LogP contribution in [0.1, 0.15) is 13.8 Å². The van der Waals surface area contributed by atoms with Crippen LogP contribution < -0.4 is 5.19 Å². The molecule has 0 heterocycles. The second-order valence-electron chi connectivity index (χ2n) is 5.37. The highest BCUT2D eigenvalue weighted by Crippen LogP contribution is 2.22. The van der Waals surface area contributed by atoms with Gasteiger partial charge in [-0.2, -0.15) is 0 Å². The number of halogens is 2. The molecule has 2 aromatic carbocycles. The van der Waals surface area contributed by atoms with Gasteiger partial charge in [-0.25, -0.2) is 8.78 Å². The van der Waals surface area contributed by atoms with Crippen LogP contribution in [-0.2, 0) is 13.3 Å². The summed E-state index contributed by atoms with van der Waals surface area (Å²) in [4.78, 5) is 0. The molecule has 0 radical (unpaired) electrons. The Balaban J connectivity index is 2.37. The molecule has 6 heteroatoms. The molecule has 0 amide bonds. The quantitative estimate of drug-likeness (QED) is 0.755. The van der Waals surface area contributed by atoms with Gasteiger partial charge < -0.3 is 13.3 Å². The predicted octanol–water partition coefficient (Wildman–Crippen LogP) is 3.50. The average molecular weight is 338 g/mol. The molecule has 0 aliphatic carbocycles. The molecule has 0 aliphatic heterocycles. The molecule has 0 fully saturated rings. The van der Waals surface area contributed by atoms with Gasteiger partial charge in [-0.05, 0) is 37.1 Å². The van der Waals surface area contributed by atoms with E-state index in [-0.39, 0.29) is 6.10 Å². The standard InChI is InChI=1S/C17H20F2O3Si/c1-12(2)22-23(20-3,21-4)17-7-5-13(6-8-17)14-9-15(18)11-16(19)10-14/h5-12H,1-4H3. The maximum Gasteiger partial charge on any atom is 0.536 e. The van der Waals surface area contributed by atoms with Crippen molar-refractivity contribution in [2.75, 3.05) is 14.2 Å². The highest BCUT2D eigenvalue weighted by Gasteiger charge is 2.42. The summed E-state index contributed by atoms with van der Waals surface area (Å²) in [7, 11) is 0.123. The minimum Gasteiger partial charge on any atom is -0.373 e. The lowest BCUT2D eigenvalue weighted by Crippen LogP contribution is -2.56. The van der Waals surface area contributed by atoms with Gasteiger partial charge in [0, 0.05) is 31.6 Å². The molecule has 0 N–H and O–H groups in total. The number of hydrogen-bond donors (Lipinski definition) is 0. The Labute approximate surface area is 136 Å². The molecule has 3 nitrogen and oxygen atoms in total. The zero-order valence-corrected chi connectivity index (χ0v) is 14.6. The highest BCUT2D eigenvalue weighted by molar-refractivity contribution is 6.75. The molecule has 0 spiro atoms. The van der Waals surface area contributed by atoms with Gasteiger partial charge in [0.25, 0.3) is 0 Å². The summed E-state index contributed by atoms with van der Waals surface area (Å²) < 4.78 is 43.6. The third kappa shape index (κ3) is 4.03. The summed E-state index contributed by atoms with van der Waals surface area (Å²) in [6, 6.07) is 10.6. The van der Waals surface area contributed by atoms with Crippen molar-refractivity contribution in [1.82, 2.24) is 0 Å². The minimum absolute atomic E-state index is 0.0569. The van der Waals surface area contributed by atoms with Crippen molar-refractivity contribution in [3.8, 4) is 11.1 Å². The van der Waals surface area contributed by atoms with Crippen LogP contribution in [0.25, 0.3) is 11.1 Å². The highest BCUT2D eigenvalue weighted by atomic mass is 28.4. The largest absolute Gasteiger partial charge is 0.536 e. The van der Waals surface area contributed by atoms with E-state index >= 15 is 0 Å². The van der Waals surface area contributed by atoms with E-state index in [4.69, 9.17) is 13.3 Å². The van der Waals surface area contributed by atoms with E-state index < -0.39 is 20.4 Å². The Hall–Kier alpha value is -1.60. The van der Waals surface area contributed by atoms with Crippen molar-refractivity contribution in [3.05, 3.63) is 54.1 Å². The van der Waals surface area contributed by atoms with Gasteiger partial charge in [-0.15, -0.1) is 0 Å². The zero-order chi connectivity index (χ0) is 17.0. The third-order valence-corrected chi connectivity index (χ3v) is 6.26. The fraction of sp³-hybridized carbons (Fsp3) is 0.294. The van der Waals surface area contributed by atoms with Gasteiger partial charge in [0.2, 0.25) is 0 Å². The molecule has 2 aromatic rings. The summed E-state index contributed by atoms with van der Waals surface area (Å²) in [6.07, 6.45) is -0.0569. The van der Waals surface area contributed by atoms with Gasteiger partial charge >= 0.3 is 8.80 Å². The van der Waals surface area contributed by atoms with Crippen molar-refractivity contribution in [2.45, 2.75) is 20.0 Å². The third-order valence-electron chi connectivity index (χ3n) is 3.36. The van der Waals surface area contributed by atoms with Crippen molar-refractivity contribution < 1.29 is 22.1 Å². The molecule has 0 bridgehead atoms. The van der Waals surface area contributed by atoms with Crippen LogP contribution in [0.15, 0.2) is 42.5 Å². The van der Waals surface area contributed by atoms with E-state index in [9.17, 15) is 8.78 Å². The summed E-state index contributed by atoms with van der Waals surface area (Å²) in [6.45, 7) is 3.81. The molecule has 0 unspecified atom stereocenters. The molecule has 23 heavy (non-hydrogen) atoms. The van der Waals surface area contributed by atoms with E-state index in [1.54, 1.807) is 38.5 Å². The van der Waals surface area contributed by atoms with E-state index in [0.717, 1.165) is 11.3 Å². The van der Waals surface area contributed by atoms with Gasteiger partial charge in [0.1, 0.15) is 11.6 Å². The monoisotopic (exact) mass is 338 g/mol. The summed E-state index contributed by atoms with van der Waals surface area (Å²) >= 11 is 0. The van der Waals surface area contributed by atoms with Crippen LogP contribution in [0.5, 0.6) is 0 Å². The minimum atomic E-state index is -2.98. The first kappa shape index (κ1) is 17.7. The summed E-state index contributed by atoms with van der Waals surface area (Å²) in [5.41, 5.74) is 1.17. The SMILES string of the molecule is CO[Si](OC)(OC(C)C)c1ccc(-c2cc(F)cc(F)c2)cc1. The molecule has 124 valence electrons. The van der Waals surface area contributed by atoms with E-state index in [1.165, 1.54) is 12.1 Å². The Kier molecular flexibility index (Phi) is 5.64. The molecular formula is C17H20F2O3Si. The number of hydrogen-bond acceptors (Lipinski definition) is 3. The summed E-state index contributed by atoms with van der Waals surface area (Å²) in [5.74, 6) is -1.21. The fourth-order valence-electron chi connectivity index (χ4n) is 2.38. The molecule has 2 rings (SSSR count). The zero-order valence-electron chi connectivity index (χ0n) is 13.6. The van der Waals surface area contributed by atoms with Crippen LogP contribution >= 0.6 is 0 Å². The number of benzene rings is 2. The second kappa shape index (κ2) is 7.31. The smallest absolute Gasteiger partial charge is 0.373 e. The van der Waals surface area contributed by atoms with E-state index in [0.29, 0.717) is 11.1 Å². The van der Waals surface area contributed by atoms with Gasteiger partial charge in [-0.1, -0.05) is 24.3 Å². The van der Waals surface area contributed by atoms with Crippen LogP contribution in [0.4, 0.5) is 8.78 Å². The van der Waals surface area contributed by atoms with Crippen LogP contribution in [-0.4, -0.2) is 29.1 Å². The van der Waals surface area contributed by atoms with Crippen LogP contribution in [0.3, 0.4) is 0 Å². The first-order valence-corrected chi connectivity index (χ1v) is 8.98. The molecule has 0 saturated carbocycles. The van der Waals surface area contributed by atoms with Gasteiger partial charge in [0.05, 0.1) is 0 Å². The van der Waals surface area contributed by atoms with E-state index in [2.05, 4.69) is 0 Å². The van der Waals surface area contributed by atoms with E-state index in [1.807, 2.05) is 13.8 Å². The predicted molar refractivity (Wildman–Crippen MR) is 87.4 cm³/mol. The van der Waals surface area contributed by atoms with Crippen molar-refractivity contribution in [2.24, 2.45) is 0 Å². The topological polar surface area (TPSA) is 27.7 Å². The second-order valence-corrected chi connectivity index (χ2v) is 8.11. The maximum atomic E-state index is 13.3. The van der Waals surface area contributed by atoms with Crippen molar-refractivity contribution >= 4 is 14.0 Å². The van der Waals surface area contributed by atoms with Crippen molar-refractivity contribution in [1.29, 1.82) is 0 Å². The Morgan fingerprint density at radius 2 is 1.35 bits per heavy atom. The van der Waals surface area contributed by atoms with Crippen molar-refractivity contribution in [3.63, 3.8) is 0 Å². The summed E-state index contributed by atoms with van der Waals surface area (Å²) in [5, 5.41) is 0.789. The fourth-order valence-corrected chi connectivity index (χ4v) is 4.54. The average Bonchev–Trinajstić information content (AvgIpc) is 2.52. The molecular weight excluding hydrogens is 318 g/mol. The first-order valence-electron chi connectivity index (χ1n) is 7.25.